The average Bonchev–Trinajstić information content (AvgIpc) is 2.15. The van der Waals surface area contributed by atoms with Crippen molar-refractivity contribution in [3.63, 3.8) is 0 Å². The number of aldehydes is 1. The van der Waals surface area contributed by atoms with Crippen LogP contribution in [0, 0.1) is 13.8 Å². The summed E-state index contributed by atoms with van der Waals surface area (Å²) in [5.74, 6) is -1.43. The van der Waals surface area contributed by atoms with E-state index < -0.39 is 17.7 Å². The number of alkyl halides is 3. The highest BCUT2D eigenvalue weighted by Gasteiger charge is 2.30. The first-order valence-electron chi connectivity index (χ1n) is 4.50. The monoisotopic (exact) mass is 248 g/mol. The molecule has 0 aliphatic rings. The minimum Gasteiger partial charge on any atom is -0.476 e. The Bertz CT molecular complexity index is 391. The van der Waals surface area contributed by atoms with Gasteiger partial charge in [-0.2, -0.15) is 13.2 Å². The first-order valence-corrected chi connectivity index (χ1v) is 4.50. The van der Waals surface area contributed by atoms with Gasteiger partial charge in [-0.25, -0.2) is 4.79 Å². The molecule has 0 amide bonds. The molecule has 0 unspecified atom stereocenters. The van der Waals surface area contributed by atoms with Gasteiger partial charge in [-0.1, -0.05) is 17.2 Å². The van der Waals surface area contributed by atoms with Gasteiger partial charge < -0.3 is 5.11 Å². The van der Waals surface area contributed by atoms with E-state index >= 15 is 0 Å². The van der Waals surface area contributed by atoms with Crippen molar-refractivity contribution in [3.05, 3.63) is 34.9 Å². The van der Waals surface area contributed by atoms with E-state index in [1.54, 1.807) is 19.9 Å². The molecule has 0 fully saturated rings. The van der Waals surface area contributed by atoms with E-state index in [1.807, 2.05) is 0 Å². The lowest BCUT2D eigenvalue weighted by atomic mass is 10.1. The van der Waals surface area contributed by atoms with E-state index in [1.165, 1.54) is 0 Å². The molecule has 1 aromatic carbocycles. The zero-order chi connectivity index (χ0) is 13.6. The summed E-state index contributed by atoms with van der Waals surface area (Å²) in [6.07, 6.45) is -4.39. The second-order valence-corrected chi connectivity index (χ2v) is 3.33. The van der Waals surface area contributed by atoms with Crippen LogP contribution in [0.3, 0.4) is 0 Å². The predicted octanol–water partition coefficient (Wildman–Crippen LogP) is 2.59. The minimum absolute atomic E-state index is 0.167. The van der Waals surface area contributed by atoms with Gasteiger partial charge in [-0.15, -0.1) is 0 Å². The predicted molar refractivity (Wildman–Crippen MR) is 54.6 cm³/mol. The van der Waals surface area contributed by atoms with Crippen LogP contribution in [0.1, 0.15) is 16.7 Å². The van der Waals surface area contributed by atoms with Gasteiger partial charge in [0, 0.05) is 0 Å². The van der Waals surface area contributed by atoms with Crippen molar-refractivity contribution in [1.29, 1.82) is 0 Å². The number of aliphatic carboxylic acids is 1. The van der Waals surface area contributed by atoms with Crippen molar-refractivity contribution >= 4 is 12.3 Å². The van der Waals surface area contributed by atoms with Gasteiger partial charge in [0.1, 0.15) is 0 Å². The summed E-state index contributed by atoms with van der Waals surface area (Å²) in [7, 11) is 0. The summed E-state index contributed by atoms with van der Waals surface area (Å²) in [5, 5.41) is 7.35. The summed E-state index contributed by atoms with van der Waals surface area (Å²) in [6.45, 7) is 3.31. The molecule has 0 spiro atoms. The second-order valence-electron chi connectivity index (χ2n) is 3.33. The first kappa shape index (κ1) is 15.2. The molecule has 0 heterocycles. The van der Waals surface area contributed by atoms with Gasteiger partial charge in [-0.05, 0) is 26.0 Å². The van der Waals surface area contributed by atoms with Crippen LogP contribution in [0.2, 0.25) is 0 Å². The molecule has 17 heavy (non-hydrogen) atoms. The maximum absolute atomic E-state index is 12.1. The van der Waals surface area contributed by atoms with E-state index in [2.05, 4.69) is 0 Å². The Morgan fingerprint density at radius 2 is 1.53 bits per heavy atom. The van der Waals surface area contributed by atoms with Gasteiger partial charge in [0.05, 0.1) is 5.56 Å². The number of carbonyl (C=O) groups excluding carboxylic acids is 1. The number of halogens is 3. The van der Waals surface area contributed by atoms with Crippen LogP contribution in [0.4, 0.5) is 13.2 Å². The number of benzene rings is 1. The molecule has 1 N–H and O–H groups in total. The number of carboxylic acid groups (broad SMARTS) is 1. The molecule has 0 saturated heterocycles. The highest BCUT2D eigenvalue weighted by atomic mass is 19.4. The van der Waals surface area contributed by atoms with E-state index in [4.69, 9.17) is 14.7 Å². The summed E-state index contributed by atoms with van der Waals surface area (Å²) < 4.78 is 36.4. The zero-order valence-corrected chi connectivity index (χ0v) is 9.21. The number of aryl methyl sites for hydroxylation is 2. The quantitative estimate of drug-likeness (QED) is 0.614. The van der Waals surface area contributed by atoms with E-state index in [0.29, 0.717) is 11.1 Å². The molecule has 1 aromatic rings. The van der Waals surface area contributed by atoms with Crippen molar-refractivity contribution < 1.29 is 27.9 Å². The van der Waals surface area contributed by atoms with Crippen molar-refractivity contribution in [2.75, 3.05) is 0 Å². The normalized spacial score (nSPS) is 10.2. The third-order valence-electron chi connectivity index (χ3n) is 1.65. The molecule has 0 radical (unpaired) electrons. The third kappa shape index (κ3) is 6.34. The number of rotatable bonds is 1. The van der Waals surface area contributed by atoms with Gasteiger partial charge in [0.15, 0.2) is 0 Å². The highest BCUT2D eigenvalue weighted by molar-refractivity contribution is 6.19. The molecular weight excluding hydrogens is 237 g/mol. The molecule has 0 aliphatic heterocycles. The number of hydrogen-bond acceptors (Lipinski definition) is 2. The fourth-order valence-corrected chi connectivity index (χ4v) is 1.14. The maximum atomic E-state index is 12.1. The lowest BCUT2D eigenvalue weighted by molar-refractivity contribution is -0.143. The highest BCUT2D eigenvalue weighted by Crippen LogP contribution is 2.30. The molecule has 3 nitrogen and oxygen atoms in total. The number of carbonyl (C=O) groups is 2. The Labute approximate surface area is 95.9 Å². The van der Waals surface area contributed by atoms with E-state index in [-0.39, 0.29) is 6.29 Å². The van der Waals surface area contributed by atoms with Gasteiger partial charge in [-0.3, -0.25) is 4.79 Å². The first-order chi connectivity index (χ1) is 7.66. The number of carboxylic acids is 1. The summed E-state index contributed by atoms with van der Waals surface area (Å²) in [6, 6.07) is 4.01. The van der Waals surface area contributed by atoms with Crippen molar-refractivity contribution in [2.24, 2.45) is 0 Å². The Kier molecular flexibility index (Phi) is 5.37. The van der Waals surface area contributed by atoms with Crippen molar-refractivity contribution in [1.82, 2.24) is 0 Å². The van der Waals surface area contributed by atoms with E-state index in [9.17, 15) is 13.2 Å². The molecule has 1 rings (SSSR count). The lowest BCUT2D eigenvalue weighted by Crippen LogP contribution is -2.05. The van der Waals surface area contributed by atoms with Crippen molar-refractivity contribution in [3.8, 4) is 0 Å². The number of hydrogen-bond donors (Lipinski definition) is 1. The topological polar surface area (TPSA) is 54.4 Å². The van der Waals surface area contributed by atoms with Gasteiger partial charge in [0.2, 0.25) is 6.29 Å². The molecule has 0 aliphatic carbocycles. The molecular formula is C11H11F3O3. The molecule has 0 atom stereocenters. The fraction of sp³-hybridized carbons (Fsp3) is 0.273. The van der Waals surface area contributed by atoms with Crippen LogP contribution in [0.15, 0.2) is 18.2 Å². The Morgan fingerprint density at radius 3 is 1.76 bits per heavy atom. The Hall–Kier alpha value is -1.85. The summed E-state index contributed by atoms with van der Waals surface area (Å²) in [5.41, 5.74) is 0.713. The van der Waals surface area contributed by atoms with Crippen LogP contribution in [0.5, 0.6) is 0 Å². The van der Waals surface area contributed by atoms with Crippen LogP contribution in [-0.2, 0) is 15.8 Å². The average molecular weight is 248 g/mol. The maximum Gasteiger partial charge on any atom is 0.416 e. The minimum atomic E-state index is -4.23. The summed E-state index contributed by atoms with van der Waals surface area (Å²) in [4.78, 5) is 17.9. The summed E-state index contributed by atoms with van der Waals surface area (Å²) >= 11 is 0. The van der Waals surface area contributed by atoms with Crippen LogP contribution in [0.25, 0.3) is 0 Å². The zero-order valence-electron chi connectivity index (χ0n) is 9.21. The Morgan fingerprint density at radius 1 is 1.18 bits per heavy atom. The van der Waals surface area contributed by atoms with E-state index in [0.717, 1.165) is 12.1 Å². The molecule has 0 saturated carbocycles. The molecule has 6 heteroatoms. The SMILES string of the molecule is Cc1cc(C)cc(C(F)(F)F)c1.O=CC(=O)O. The lowest BCUT2D eigenvalue weighted by Gasteiger charge is -2.08. The third-order valence-corrected chi connectivity index (χ3v) is 1.65. The fourth-order valence-electron chi connectivity index (χ4n) is 1.14. The second kappa shape index (κ2) is 6.03. The molecule has 94 valence electrons. The van der Waals surface area contributed by atoms with Gasteiger partial charge in [0.25, 0.3) is 0 Å². The van der Waals surface area contributed by atoms with Gasteiger partial charge >= 0.3 is 12.1 Å². The van der Waals surface area contributed by atoms with Crippen LogP contribution < -0.4 is 0 Å². The smallest absolute Gasteiger partial charge is 0.416 e. The van der Waals surface area contributed by atoms with Crippen LogP contribution in [-0.4, -0.2) is 17.4 Å². The van der Waals surface area contributed by atoms with Crippen molar-refractivity contribution in [2.45, 2.75) is 20.0 Å². The van der Waals surface area contributed by atoms with Crippen LogP contribution >= 0.6 is 0 Å². The largest absolute Gasteiger partial charge is 0.476 e. The molecule has 0 aromatic heterocycles. The molecule has 0 bridgehead atoms. The Balaban J connectivity index is 0.000000437. The standard InChI is InChI=1S/C9H9F3.C2H2O3/c1-6-3-7(2)5-8(4-6)9(10,11)12;3-1-2(4)5/h3-5H,1-2H3;1H,(H,4,5).